The highest BCUT2D eigenvalue weighted by Crippen LogP contribution is 2.22. The van der Waals surface area contributed by atoms with Crippen molar-refractivity contribution in [2.24, 2.45) is 0 Å². The number of esters is 2. The largest absolute Gasteiger partial charge is 0.465 e. The monoisotopic (exact) mass is 392 g/mol. The zero-order valence-corrected chi connectivity index (χ0v) is 16.3. The molecular weight excluding hydrogens is 372 g/mol. The molecule has 0 spiro atoms. The van der Waals surface area contributed by atoms with Crippen LogP contribution in [-0.4, -0.2) is 29.2 Å². The summed E-state index contributed by atoms with van der Waals surface area (Å²) >= 11 is 0. The maximum atomic E-state index is 12.1. The molecular formula is C22H20N2O5. The number of carbonyl (C=O) groups excluding carboxylic acids is 2. The molecule has 1 atom stereocenters. The van der Waals surface area contributed by atoms with Crippen LogP contribution in [0.4, 0.5) is 0 Å². The van der Waals surface area contributed by atoms with Crippen molar-refractivity contribution >= 4 is 18.0 Å². The van der Waals surface area contributed by atoms with Crippen LogP contribution in [0.3, 0.4) is 0 Å². The number of carbonyl (C=O) groups is 2. The van der Waals surface area contributed by atoms with E-state index < -0.39 is 18.0 Å². The van der Waals surface area contributed by atoms with E-state index in [0.29, 0.717) is 11.5 Å². The van der Waals surface area contributed by atoms with Gasteiger partial charge in [-0.25, -0.2) is 9.59 Å². The topological polar surface area (TPSA) is 91.5 Å². The minimum atomic E-state index is -0.694. The third-order valence-electron chi connectivity index (χ3n) is 4.12. The Morgan fingerprint density at radius 2 is 1.72 bits per heavy atom. The number of methoxy groups -OCH3 is 1. The van der Waals surface area contributed by atoms with Gasteiger partial charge in [-0.05, 0) is 49.8 Å². The fourth-order valence-electron chi connectivity index (χ4n) is 2.49. The molecule has 29 heavy (non-hydrogen) atoms. The standard InChI is InChI=1S/C22H20N2O5/c1-14-4-9-17(10-5-14)21-24-23-20(29-21)15(2)28-19(25)13-8-16-6-11-18(12-7-16)22(26)27-3/h4-13,15H,1-3H3/b13-8+/t15-/m1/s1. The number of nitrogens with zero attached hydrogens (tertiary/aromatic N) is 2. The molecule has 2 aromatic carbocycles. The summed E-state index contributed by atoms with van der Waals surface area (Å²) < 4.78 is 15.6. The Balaban J connectivity index is 1.59. The minimum Gasteiger partial charge on any atom is -0.465 e. The van der Waals surface area contributed by atoms with Crippen LogP contribution >= 0.6 is 0 Å². The molecule has 148 valence electrons. The number of hydrogen-bond acceptors (Lipinski definition) is 7. The predicted octanol–water partition coefficient (Wildman–Crippen LogP) is 4.15. The summed E-state index contributed by atoms with van der Waals surface area (Å²) in [6, 6.07) is 14.3. The number of rotatable bonds is 6. The molecule has 0 amide bonds. The molecule has 0 N–H and O–H groups in total. The van der Waals surface area contributed by atoms with Crippen LogP contribution < -0.4 is 0 Å². The summed E-state index contributed by atoms with van der Waals surface area (Å²) in [5, 5.41) is 7.96. The number of aromatic nitrogens is 2. The Hall–Kier alpha value is -3.74. The van der Waals surface area contributed by atoms with Gasteiger partial charge in [-0.2, -0.15) is 0 Å². The van der Waals surface area contributed by atoms with Gasteiger partial charge in [0, 0.05) is 11.6 Å². The lowest BCUT2D eigenvalue weighted by atomic mass is 10.1. The molecule has 0 saturated heterocycles. The third kappa shape index (κ3) is 5.16. The molecule has 7 nitrogen and oxygen atoms in total. The second kappa shape index (κ2) is 8.97. The van der Waals surface area contributed by atoms with Crippen molar-refractivity contribution in [3.63, 3.8) is 0 Å². The molecule has 1 heterocycles. The highest BCUT2D eigenvalue weighted by Gasteiger charge is 2.18. The van der Waals surface area contributed by atoms with E-state index in [1.165, 1.54) is 13.2 Å². The van der Waals surface area contributed by atoms with Gasteiger partial charge in [-0.15, -0.1) is 10.2 Å². The van der Waals surface area contributed by atoms with Crippen molar-refractivity contribution < 1.29 is 23.5 Å². The number of ether oxygens (including phenoxy) is 2. The Kier molecular flexibility index (Phi) is 6.19. The summed E-state index contributed by atoms with van der Waals surface area (Å²) in [5.41, 5.74) is 3.09. The minimum absolute atomic E-state index is 0.213. The molecule has 0 bridgehead atoms. The molecule has 1 aromatic heterocycles. The summed E-state index contributed by atoms with van der Waals surface area (Å²) in [7, 11) is 1.32. The third-order valence-corrected chi connectivity index (χ3v) is 4.12. The maximum Gasteiger partial charge on any atom is 0.337 e. The fraction of sp³-hybridized carbons (Fsp3) is 0.182. The van der Waals surface area contributed by atoms with Crippen molar-refractivity contribution in [2.45, 2.75) is 20.0 Å². The van der Waals surface area contributed by atoms with Gasteiger partial charge in [0.15, 0.2) is 6.10 Å². The van der Waals surface area contributed by atoms with Crippen LogP contribution in [0.1, 0.15) is 40.4 Å². The van der Waals surface area contributed by atoms with Gasteiger partial charge in [-0.1, -0.05) is 29.8 Å². The lowest BCUT2D eigenvalue weighted by Gasteiger charge is -2.06. The van der Waals surface area contributed by atoms with E-state index in [0.717, 1.165) is 16.7 Å². The van der Waals surface area contributed by atoms with E-state index in [4.69, 9.17) is 9.15 Å². The van der Waals surface area contributed by atoms with Crippen LogP contribution in [-0.2, 0) is 14.3 Å². The fourth-order valence-corrected chi connectivity index (χ4v) is 2.49. The Bertz CT molecular complexity index is 1020. The second-order valence-electron chi connectivity index (χ2n) is 6.34. The van der Waals surface area contributed by atoms with Crippen molar-refractivity contribution in [3.8, 4) is 11.5 Å². The highest BCUT2D eigenvalue weighted by molar-refractivity contribution is 5.90. The van der Waals surface area contributed by atoms with Gasteiger partial charge in [0.25, 0.3) is 5.89 Å². The van der Waals surface area contributed by atoms with Crippen molar-refractivity contribution in [2.75, 3.05) is 7.11 Å². The summed E-state index contributed by atoms with van der Waals surface area (Å²) in [6.07, 6.45) is 2.18. The average molecular weight is 392 g/mol. The Labute approximate surface area is 168 Å². The van der Waals surface area contributed by atoms with Crippen LogP contribution in [0.15, 0.2) is 59.0 Å². The number of hydrogen-bond donors (Lipinski definition) is 0. The van der Waals surface area contributed by atoms with Gasteiger partial charge in [0.2, 0.25) is 5.89 Å². The van der Waals surface area contributed by atoms with Crippen molar-refractivity contribution in [1.29, 1.82) is 0 Å². The molecule has 0 aliphatic rings. The van der Waals surface area contributed by atoms with Crippen LogP contribution in [0.25, 0.3) is 17.5 Å². The first kappa shape index (κ1) is 20.0. The quantitative estimate of drug-likeness (QED) is 0.460. The Morgan fingerprint density at radius 3 is 2.38 bits per heavy atom. The molecule has 0 saturated carbocycles. The van der Waals surface area contributed by atoms with Crippen LogP contribution in [0, 0.1) is 6.92 Å². The molecule has 7 heteroatoms. The predicted molar refractivity (Wildman–Crippen MR) is 106 cm³/mol. The van der Waals surface area contributed by atoms with E-state index in [9.17, 15) is 9.59 Å². The van der Waals surface area contributed by atoms with E-state index in [1.54, 1.807) is 37.3 Å². The first-order valence-electron chi connectivity index (χ1n) is 8.94. The Morgan fingerprint density at radius 1 is 1.03 bits per heavy atom. The average Bonchev–Trinajstić information content (AvgIpc) is 3.23. The first-order valence-corrected chi connectivity index (χ1v) is 8.94. The van der Waals surface area contributed by atoms with E-state index in [2.05, 4.69) is 14.9 Å². The van der Waals surface area contributed by atoms with Gasteiger partial charge in [0.1, 0.15) is 0 Å². The molecule has 0 fully saturated rings. The number of benzene rings is 2. The summed E-state index contributed by atoms with van der Waals surface area (Å²) in [4.78, 5) is 23.5. The highest BCUT2D eigenvalue weighted by atomic mass is 16.6. The molecule has 3 aromatic rings. The summed E-state index contributed by atoms with van der Waals surface area (Å²) in [5.74, 6) is -0.392. The van der Waals surface area contributed by atoms with Gasteiger partial charge < -0.3 is 13.9 Å². The molecule has 3 rings (SSSR count). The van der Waals surface area contributed by atoms with E-state index >= 15 is 0 Å². The smallest absolute Gasteiger partial charge is 0.337 e. The van der Waals surface area contributed by atoms with Crippen molar-refractivity contribution in [3.05, 3.63) is 77.2 Å². The van der Waals surface area contributed by atoms with Gasteiger partial charge in [-0.3, -0.25) is 0 Å². The lowest BCUT2D eigenvalue weighted by molar-refractivity contribution is -0.143. The zero-order valence-electron chi connectivity index (χ0n) is 16.3. The van der Waals surface area contributed by atoms with Gasteiger partial charge >= 0.3 is 11.9 Å². The zero-order chi connectivity index (χ0) is 20.8. The maximum absolute atomic E-state index is 12.1. The molecule has 0 radical (unpaired) electrons. The SMILES string of the molecule is COC(=O)c1ccc(/C=C/C(=O)O[C@H](C)c2nnc(-c3ccc(C)cc3)o2)cc1. The molecule has 0 aliphatic carbocycles. The van der Waals surface area contributed by atoms with Gasteiger partial charge in [0.05, 0.1) is 12.7 Å². The first-order chi connectivity index (χ1) is 14.0. The van der Waals surface area contributed by atoms with E-state index in [1.807, 2.05) is 31.2 Å². The molecule has 0 aliphatic heterocycles. The normalized spacial score (nSPS) is 12.0. The van der Waals surface area contributed by atoms with Crippen molar-refractivity contribution in [1.82, 2.24) is 10.2 Å². The summed E-state index contributed by atoms with van der Waals surface area (Å²) in [6.45, 7) is 3.65. The van der Waals surface area contributed by atoms with Crippen LogP contribution in [0.5, 0.6) is 0 Å². The number of aryl methyl sites for hydroxylation is 1. The lowest BCUT2D eigenvalue weighted by Crippen LogP contribution is -2.06. The molecule has 0 unspecified atom stereocenters. The second-order valence-corrected chi connectivity index (χ2v) is 6.34. The van der Waals surface area contributed by atoms with Crippen LogP contribution in [0.2, 0.25) is 0 Å². The van der Waals surface area contributed by atoms with E-state index in [-0.39, 0.29) is 5.89 Å².